The fourth-order valence-electron chi connectivity index (χ4n) is 1.75. The average Bonchev–Trinajstić information content (AvgIpc) is 3.08. The third-order valence-corrected chi connectivity index (χ3v) is 3.33. The molecule has 0 saturated heterocycles. The maximum atomic E-state index is 11.5. The fraction of sp³-hybridized carbons (Fsp3) is 0.923. The van der Waals surface area contributed by atoms with Gasteiger partial charge in [-0.2, -0.15) is 0 Å². The molecule has 17 heavy (non-hydrogen) atoms. The summed E-state index contributed by atoms with van der Waals surface area (Å²) in [6.45, 7) is 8.70. The van der Waals surface area contributed by atoms with E-state index in [1.54, 1.807) is 0 Å². The Morgan fingerprint density at radius 3 is 2.59 bits per heavy atom. The first-order valence-electron chi connectivity index (χ1n) is 6.58. The van der Waals surface area contributed by atoms with Gasteiger partial charge >= 0.3 is 5.97 Å². The molecule has 0 radical (unpaired) electrons. The van der Waals surface area contributed by atoms with Crippen molar-refractivity contribution in [3.05, 3.63) is 0 Å². The van der Waals surface area contributed by atoms with Crippen LogP contribution in [0, 0.1) is 5.41 Å². The number of ether oxygens (including phenoxy) is 1. The van der Waals surface area contributed by atoms with Crippen molar-refractivity contribution in [2.24, 2.45) is 11.1 Å². The van der Waals surface area contributed by atoms with E-state index in [2.05, 4.69) is 18.7 Å². The lowest BCUT2D eigenvalue weighted by Gasteiger charge is -2.27. The van der Waals surface area contributed by atoms with Crippen LogP contribution < -0.4 is 5.73 Å². The molecule has 0 aromatic carbocycles. The number of hydrogen-bond donors (Lipinski definition) is 1. The minimum Gasteiger partial charge on any atom is -0.465 e. The second-order valence-electron chi connectivity index (χ2n) is 5.63. The van der Waals surface area contributed by atoms with E-state index in [0.29, 0.717) is 25.7 Å². The number of nitrogens with zero attached hydrogens (tertiary/aromatic N) is 1. The molecular weight excluding hydrogens is 216 g/mol. The van der Waals surface area contributed by atoms with Crippen molar-refractivity contribution in [2.75, 3.05) is 26.2 Å². The van der Waals surface area contributed by atoms with Crippen molar-refractivity contribution < 1.29 is 9.53 Å². The fourth-order valence-corrected chi connectivity index (χ4v) is 1.75. The highest BCUT2D eigenvalue weighted by molar-refractivity contribution is 5.71. The predicted octanol–water partition coefficient (Wildman–Crippen LogP) is 1.39. The first kappa shape index (κ1) is 14.5. The lowest BCUT2D eigenvalue weighted by Crippen LogP contribution is -2.37. The van der Waals surface area contributed by atoms with Crippen molar-refractivity contribution >= 4 is 5.97 Å². The molecule has 0 aromatic heterocycles. The number of nitrogens with two attached hydrogens (primary N) is 1. The molecular formula is C13H26N2O2. The Hall–Kier alpha value is -0.610. The molecule has 0 amide bonds. The second-order valence-corrected chi connectivity index (χ2v) is 5.63. The molecule has 0 aliphatic heterocycles. The van der Waals surface area contributed by atoms with Gasteiger partial charge in [-0.05, 0) is 44.7 Å². The number of hydrogen-bond acceptors (Lipinski definition) is 4. The highest BCUT2D eigenvalue weighted by atomic mass is 16.5. The summed E-state index contributed by atoms with van der Waals surface area (Å²) in [7, 11) is 0. The zero-order valence-corrected chi connectivity index (χ0v) is 11.4. The van der Waals surface area contributed by atoms with Crippen LogP contribution in [0.3, 0.4) is 0 Å². The van der Waals surface area contributed by atoms with Gasteiger partial charge in [-0.1, -0.05) is 13.8 Å². The molecule has 0 atom stereocenters. The molecule has 4 heteroatoms. The normalized spacial score (nSPS) is 16.3. The van der Waals surface area contributed by atoms with Crippen molar-refractivity contribution in [1.82, 2.24) is 4.90 Å². The van der Waals surface area contributed by atoms with Crippen LogP contribution >= 0.6 is 0 Å². The van der Waals surface area contributed by atoms with Gasteiger partial charge in [0.1, 0.15) is 0 Å². The molecule has 0 bridgehead atoms. The molecule has 0 heterocycles. The summed E-state index contributed by atoms with van der Waals surface area (Å²) in [5.74, 6) is -0.107. The van der Waals surface area contributed by atoms with Crippen LogP contribution in [0.1, 0.15) is 40.0 Å². The lowest BCUT2D eigenvalue weighted by molar-refractivity contribution is -0.144. The molecule has 100 valence electrons. The van der Waals surface area contributed by atoms with Crippen molar-refractivity contribution in [3.63, 3.8) is 0 Å². The van der Waals surface area contributed by atoms with Crippen molar-refractivity contribution in [2.45, 2.75) is 46.1 Å². The molecule has 1 rings (SSSR count). The van der Waals surface area contributed by atoms with Gasteiger partial charge in [0.2, 0.25) is 0 Å². The van der Waals surface area contributed by atoms with E-state index in [-0.39, 0.29) is 11.4 Å². The third-order valence-electron chi connectivity index (χ3n) is 3.33. The predicted molar refractivity (Wildman–Crippen MR) is 68.7 cm³/mol. The van der Waals surface area contributed by atoms with E-state index >= 15 is 0 Å². The summed E-state index contributed by atoms with van der Waals surface area (Å²) in [5, 5.41) is 0. The number of carbonyl (C=O) groups is 1. The SMILES string of the molecule is CCOC(=O)CN(CCC(C)(C)CN)C1CC1. The zero-order valence-electron chi connectivity index (χ0n) is 11.4. The summed E-state index contributed by atoms with van der Waals surface area (Å²) in [4.78, 5) is 13.7. The highest BCUT2D eigenvalue weighted by Crippen LogP contribution is 2.28. The quantitative estimate of drug-likeness (QED) is 0.654. The first-order valence-corrected chi connectivity index (χ1v) is 6.58. The molecule has 1 fully saturated rings. The summed E-state index contributed by atoms with van der Waals surface area (Å²) in [6, 6.07) is 0.591. The molecule has 4 nitrogen and oxygen atoms in total. The monoisotopic (exact) mass is 242 g/mol. The minimum atomic E-state index is -0.107. The first-order chi connectivity index (χ1) is 7.98. The average molecular weight is 242 g/mol. The molecule has 0 spiro atoms. The summed E-state index contributed by atoms with van der Waals surface area (Å²) in [5.41, 5.74) is 5.88. The van der Waals surface area contributed by atoms with Gasteiger partial charge in [-0.25, -0.2) is 0 Å². The van der Waals surface area contributed by atoms with Crippen LogP contribution in [0.2, 0.25) is 0 Å². The van der Waals surface area contributed by atoms with E-state index in [4.69, 9.17) is 10.5 Å². The van der Waals surface area contributed by atoms with Crippen LogP contribution in [0.5, 0.6) is 0 Å². The highest BCUT2D eigenvalue weighted by Gasteiger charge is 2.31. The largest absolute Gasteiger partial charge is 0.465 e. The Morgan fingerprint density at radius 2 is 2.12 bits per heavy atom. The van der Waals surface area contributed by atoms with Gasteiger partial charge < -0.3 is 10.5 Å². The maximum Gasteiger partial charge on any atom is 0.320 e. The van der Waals surface area contributed by atoms with Gasteiger partial charge in [0, 0.05) is 6.04 Å². The zero-order chi connectivity index (χ0) is 12.9. The third kappa shape index (κ3) is 5.50. The Bertz CT molecular complexity index is 250. The summed E-state index contributed by atoms with van der Waals surface area (Å²) in [6.07, 6.45) is 3.45. The maximum absolute atomic E-state index is 11.5. The number of rotatable bonds is 8. The number of carbonyl (C=O) groups excluding carboxylic acids is 1. The molecule has 1 saturated carbocycles. The Kier molecular flexibility index (Phi) is 5.40. The Balaban J connectivity index is 2.36. The Labute approximate surface area is 104 Å². The summed E-state index contributed by atoms with van der Waals surface area (Å²) < 4.78 is 5.00. The second kappa shape index (κ2) is 6.36. The molecule has 2 N–H and O–H groups in total. The standard InChI is InChI=1S/C13H26N2O2/c1-4-17-12(16)9-15(11-5-6-11)8-7-13(2,3)10-14/h11H,4-10,14H2,1-3H3. The van der Waals surface area contributed by atoms with Crippen LogP contribution in [0.4, 0.5) is 0 Å². The summed E-state index contributed by atoms with van der Waals surface area (Å²) >= 11 is 0. The number of esters is 1. The van der Waals surface area contributed by atoms with Gasteiger partial charge in [-0.15, -0.1) is 0 Å². The van der Waals surface area contributed by atoms with E-state index in [1.807, 2.05) is 6.92 Å². The minimum absolute atomic E-state index is 0.107. The van der Waals surface area contributed by atoms with Crippen LogP contribution in [0.25, 0.3) is 0 Å². The van der Waals surface area contributed by atoms with E-state index in [0.717, 1.165) is 13.0 Å². The Morgan fingerprint density at radius 1 is 1.47 bits per heavy atom. The van der Waals surface area contributed by atoms with E-state index in [1.165, 1.54) is 12.8 Å². The van der Waals surface area contributed by atoms with Crippen molar-refractivity contribution in [1.29, 1.82) is 0 Å². The van der Waals surface area contributed by atoms with E-state index in [9.17, 15) is 4.79 Å². The van der Waals surface area contributed by atoms with Crippen LogP contribution in [-0.4, -0.2) is 43.2 Å². The van der Waals surface area contributed by atoms with Crippen LogP contribution in [-0.2, 0) is 9.53 Å². The van der Waals surface area contributed by atoms with Crippen molar-refractivity contribution in [3.8, 4) is 0 Å². The van der Waals surface area contributed by atoms with Gasteiger partial charge in [-0.3, -0.25) is 9.69 Å². The van der Waals surface area contributed by atoms with E-state index < -0.39 is 0 Å². The topological polar surface area (TPSA) is 55.6 Å². The molecule has 1 aliphatic carbocycles. The smallest absolute Gasteiger partial charge is 0.320 e. The molecule has 0 unspecified atom stereocenters. The van der Waals surface area contributed by atoms with Gasteiger partial charge in [0.15, 0.2) is 0 Å². The molecule has 0 aromatic rings. The van der Waals surface area contributed by atoms with Crippen LogP contribution in [0.15, 0.2) is 0 Å². The lowest BCUT2D eigenvalue weighted by atomic mass is 9.89. The van der Waals surface area contributed by atoms with Gasteiger partial charge in [0.25, 0.3) is 0 Å². The molecule has 1 aliphatic rings. The van der Waals surface area contributed by atoms with Gasteiger partial charge in [0.05, 0.1) is 13.2 Å².